The summed E-state index contributed by atoms with van der Waals surface area (Å²) in [7, 11) is -3.74. The molecule has 2 aliphatic heterocycles. The number of β-amino-alcohol motifs (C(OH)–C–C–N with tert-alkyl or cyclic N) is 1. The fraction of sp³-hybridized carbons (Fsp3) is 0.696. The van der Waals surface area contributed by atoms with E-state index in [1.54, 1.807) is 33.5 Å². The molecule has 1 N–H and O–H groups in total. The molecule has 0 spiro atoms. The first-order chi connectivity index (χ1) is 15.8. The van der Waals surface area contributed by atoms with Crippen molar-refractivity contribution in [2.24, 2.45) is 5.92 Å². The first-order valence-electron chi connectivity index (χ1n) is 11.9. The number of benzene rings is 1. The minimum atomic E-state index is -3.74. The number of piperidine rings is 1. The van der Waals surface area contributed by atoms with Crippen molar-refractivity contribution in [1.82, 2.24) is 14.1 Å². The first-order valence-corrected chi connectivity index (χ1v) is 13.7. The number of hydrogen-bond acceptors (Lipinski definition) is 6. The number of aliphatic hydroxyl groups excluding tert-OH is 1. The Kier molecular flexibility index (Phi) is 7.85. The third-order valence-electron chi connectivity index (χ3n) is 7.04. The second-order valence-electron chi connectivity index (χ2n) is 9.42. The van der Waals surface area contributed by atoms with Gasteiger partial charge in [-0.25, -0.2) is 13.2 Å². The van der Waals surface area contributed by atoms with Gasteiger partial charge in [0.1, 0.15) is 6.61 Å². The van der Waals surface area contributed by atoms with Crippen LogP contribution in [-0.4, -0.2) is 91.2 Å². The van der Waals surface area contributed by atoms with E-state index in [4.69, 9.17) is 21.4 Å². The summed E-state index contributed by atoms with van der Waals surface area (Å²) in [6, 6.07) is 5.83. The summed E-state index contributed by atoms with van der Waals surface area (Å²) in [6.07, 6.45) is 4.11. The van der Waals surface area contributed by atoms with Crippen LogP contribution in [0.3, 0.4) is 0 Å². The van der Waals surface area contributed by atoms with Gasteiger partial charge >= 0.3 is 6.09 Å². The Morgan fingerprint density at radius 1 is 1.15 bits per heavy atom. The Morgan fingerprint density at radius 2 is 1.88 bits per heavy atom. The Balaban J connectivity index is 1.46. The molecule has 1 saturated carbocycles. The molecule has 3 aliphatic rings. The van der Waals surface area contributed by atoms with E-state index >= 15 is 0 Å². The highest BCUT2D eigenvalue weighted by Crippen LogP contribution is 2.43. The lowest BCUT2D eigenvalue weighted by Crippen LogP contribution is -2.56. The van der Waals surface area contributed by atoms with E-state index in [-0.39, 0.29) is 36.2 Å². The molecule has 0 aromatic heterocycles. The van der Waals surface area contributed by atoms with Crippen molar-refractivity contribution < 1.29 is 23.1 Å². The van der Waals surface area contributed by atoms with Crippen LogP contribution >= 0.6 is 11.6 Å². The lowest BCUT2D eigenvalue weighted by Gasteiger charge is -2.42. The van der Waals surface area contributed by atoms with Crippen molar-refractivity contribution in [2.45, 2.75) is 62.0 Å². The Morgan fingerprint density at radius 3 is 2.52 bits per heavy atom. The maximum Gasteiger partial charge on any atom is 0.410 e. The maximum absolute atomic E-state index is 13.7. The van der Waals surface area contributed by atoms with Crippen molar-refractivity contribution >= 4 is 27.7 Å². The minimum Gasteiger partial charge on any atom is -0.448 e. The van der Waals surface area contributed by atoms with Gasteiger partial charge in [-0.05, 0) is 62.8 Å². The van der Waals surface area contributed by atoms with Gasteiger partial charge in [0.25, 0.3) is 0 Å². The molecule has 184 valence electrons. The Hall–Kier alpha value is -1.39. The van der Waals surface area contributed by atoms with E-state index < -0.39 is 16.1 Å². The summed E-state index contributed by atoms with van der Waals surface area (Å²) >= 11 is 5.98. The highest BCUT2D eigenvalue weighted by molar-refractivity contribution is 7.89. The standard InChI is InChI=1S/C23H34ClN3O5S/c1-17-15-25(13-14-28)11-12-26(17)23(29)32-16-20-3-2-4-22(18-5-6-18)27(20)33(30,31)21-9-7-19(24)8-10-21/h7-10,17-18,20,22,28H,2-6,11-16H2,1H3/t17-,20-,22+/m1/s1. The normalized spacial score (nSPS) is 27.5. The Labute approximate surface area is 201 Å². The molecule has 3 atom stereocenters. The average molecular weight is 500 g/mol. The van der Waals surface area contributed by atoms with E-state index in [0.717, 1.165) is 25.7 Å². The molecule has 3 fully saturated rings. The molecule has 0 unspecified atom stereocenters. The number of carbonyl (C=O) groups is 1. The third-order valence-corrected chi connectivity index (χ3v) is 9.28. The molecule has 8 nitrogen and oxygen atoms in total. The molecule has 2 saturated heterocycles. The van der Waals surface area contributed by atoms with Crippen LogP contribution in [0.2, 0.25) is 5.02 Å². The molecule has 0 radical (unpaired) electrons. The van der Waals surface area contributed by atoms with Crippen molar-refractivity contribution in [2.75, 3.05) is 39.4 Å². The van der Waals surface area contributed by atoms with E-state index in [1.807, 2.05) is 6.92 Å². The van der Waals surface area contributed by atoms with Crippen LogP contribution < -0.4 is 0 Å². The van der Waals surface area contributed by atoms with Crippen molar-refractivity contribution in [3.8, 4) is 0 Å². The molecular formula is C23H34ClN3O5S. The number of halogens is 1. The van der Waals surface area contributed by atoms with E-state index in [1.165, 1.54) is 0 Å². The number of piperazine rings is 1. The van der Waals surface area contributed by atoms with Crippen LogP contribution in [0.15, 0.2) is 29.2 Å². The fourth-order valence-electron chi connectivity index (χ4n) is 5.17. The topological polar surface area (TPSA) is 90.4 Å². The monoisotopic (exact) mass is 499 g/mol. The van der Waals surface area contributed by atoms with Gasteiger partial charge in [-0.15, -0.1) is 0 Å². The number of hydrogen-bond donors (Lipinski definition) is 1. The van der Waals surface area contributed by atoms with Crippen LogP contribution in [0.25, 0.3) is 0 Å². The van der Waals surface area contributed by atoms with Crippen molar-refractivity contribution in [3.05, 3.63) is 29.3 Å². The van der Waals surface area contributed by atoms with Crippen molar-refractivity contribution in [1.29, 1.82) is 0 Å². The van der Waals surface area contributed by atoms with Gasteiger partial charge in [0, 0.05) is 43.3 Å². The molecular weight excluding hydrogens is 466 g/mol. The van der Waals surface area contributed by atoms with Crippen LogP contribution in [0.5, 0.6) is 0 Å². The van der Waals surface area contributed by atoms with E-state index in [0.29, 0.717) is 43.5 Å². The Bertz CT molecular complexity index is 925. The molecule has 1 aromatic carbocycles. The van der Waals surface area contributed by atoms with Crippen LogP contribution in [0.1, 0.15) is 39.0 Å². The largest absolute Gasteiger partial charge is 0.448 e. The molecule has 4 rings (SSSR count). The molecule has 1 amide bonds. The predicted molar refractivity (Wildman–Crippen MR) is 126 cm³/mol. The molecule has 0 bridgehead atoms. The van der Waals surface area contributed by atoms with Gasteiger partial charge in [0.05, 0.1) is 17.5 Å². The second-order valence-corrected chi connectivity index (χ2v) is 11.7. The zero-order valence-corrected chi connectivity index (χ0v) is 20.7. The minimum absolute atomic E-state index is 0.0303. The number of sulfonamides is 1. The number of ether oxygens (including phenoxy) is 1. The predicted octanol–water partition coefficient (Wildman–Crippen LogP) is 2.80. The van der Waals surface area contributed by atoms with Crippen LogP contribution in [-0.2, 0) is 14.8 Å². The summed E-state index contributed by atoms with van der Waals surface area (Å²) in [5, 5.41) is 9.64. The quantitative estimate of drug-likeness (QED) is 0.620. The van der Waals surface area contributed by atoms with Crippen LogP contribution in [0.4, 0.5) is 4.79 Å². The zero-order chi connectivity index (χ0) is 23.6. The van der Waals surface area contributed by atoms with Crippen LogP contribution in [0, 0.1) is 5.92 Å². The SMILES string of the molecule is C[C@@H]1CN(CCO)CCN1C(=O)OC[C@H]1CCC[C@@H](C2CC2)N1S(=O)(=O)c1ccc(Cl)cc1. The van der Waals surface area contributed by atoms with E-state index in [2.05, 4.69) is 4.90 Å². The number of aliphatic hydroxyl groups is 1. The molecule has 2 heterocycles. The summed E-state index contributed by atoms with van der Waals surface area (Å²) in [5.41, 5.74) is 0. The number of nitrogens with zero attached hydrogens (tertiary/aromatic N) is 3. The number of rotatable bonds is 7. The zero-order valence-electron chi connectivity index (χ0n) is 19.1. The third kappa shape index (κ3) is 5.65. The smallest absolute Gasteiger partial charge is 0.410 e. The number of carbonyl (C=O) groups excluding carboxylic acids is 1. The molecule has 1 aromatic rings. The summed E-state index contributed by atoms with van der Waals surface area (Å²) in [6.45, 7) is 4.60. The summed E-state index contributed by atoms with van der Waals surface area (Å²) < 4.78 is 34.6. The van der Waals surface area contributed by atoms with Gasteiger partial charge in [-0.1, -0.05) is 18.0 Å². The van der Waals surface area contributed by atoms with Gasteiger partial charge < -0.3 is 14.7 Å². The van der Waals surface area contributed by atoms with Crippen molar-refractivity contribution in [3.63, 3.8) is 0 Å². The van der Waals surface area contributed by atoms with Gasteiger partial charge in [0.15, 0.2) is 0 Å². The van der Waals surface area contributed by atoms with Gasteiger partial charge in [-0.3, -0.25) is 4.90 Å². The van der Waals surface area contributed by atoms with E-state index in [9.17, 15) is 13.2 Å². The van der Waals surface area contributed by atoms with Gasteiger partial charge in [0.2, 0.25) is 10.0 Å². The van der Waals surface area contributed by atoms with Gasteiger partial charge in [-0.2, -0.15) is 4.31 Å². The maximum atomic E-state index is 13.7. The lowest BCUT2D eigenvalue weighted by atomic mass is 9.96. The summed E-state index contributed by atoms with van der Waals surface area (Å²) in [5.74, 6) is 0.380. The lowest BCUT2D eigenvalue weighted by molar-refractivity contribution is 0.0284. The molecule has 1 aliphatic carbocycles. The highest BCUT2D eigenvalue weighted by atomic mass is 35.5. The summed E-state index contributed by atoms with van der Waals surface area (Å²) in [4.78, 5) is 16.9. The highest BCUT2D eigenvalue weighted by Gasteiger charge is 2.46. The molecule has 10 heteroatoms. The average Bonchev–Trinajstić information content (AvgIpc) is 3.63. The number of amides is 1. The molecule has 33 heavy (non-hydrogen) atoms. The fourth-order valence-corrected chi connectivity index (χ4v) is 7.21. The first kappa shape index (κ1) is 24.7. The second kappa shape index (κ2) is 10.5.